The minimum Gasteiger partial charge on any atom is -0.310 e. The van der Waals surface area contributed by atoms with E-state index in [-0.39, 0.29) is 4.90 Å². The lowest BCUT2D eigenvalue weighted by atomic mass is 10.0. The van der Waals surface area contributed by atoms with Gasteiger partial charge in [0.25, 0.3) is 10.0 Å². The maximum absolute atomic E-state index is 14.6. The summed E-state index contributed by atoms with van der Waals surface area (Å²) >= 11 is 1.60. The second-order valence-electron chi connectivity index (χ2n) is 13.9. The van der Waals surface area contributed by atoms with E-state index in [0.29, 0.717) is 11.4 Å². The normalized spacial score (nSPS) is 12.4. The van der Waals surface area contributed by atoms with Crippen LogP contribution in [0.5, 0.6) is 0 Å². The van der Waals surface area contributed by atoms with Gasteiger partial charge >= 0.3 is 0 Å². The molecule has 8 aromatic carbocycles. The molecule has 0 radical (unpaired) electrons. The van der Waals surface area contributed by atoms with Crippen LogP contribution in [0.4, 0.5) is 28.4 Å². The molecule has 0 saturated carbocycles. The Bertz CT molecular complexity index is 3010. The first-order chi connectivity index (χ1) is 27.5. The van der Waals surface area contributed by atoms with E-state index < -0.39 is 10.0 Å². The predicted octanol–water partition coefficient (Wildman–Crippen LogP) is 13.2. The van der Waals surface area contributed by atoms with Crippen LogP contribution in [0.1, 0.15) is 5.56 Å². The summed E-state index contributed by atoms with van der Waals surface area (Å²) in [5.41, 5.74) is 9.69. The number of hydrogen-bond acceptors (Lipinski definition) is 4. The monoisotopic (exact) mass is 761 g/mol. The van der Waals surface area contributed by atoms with Crippen LogP contribution in [-0.2, 0) is 10.0 Å². The van der Waals surface area contributed by atoms with Crippen LogP contribution in [0.25, 0.3) is 38.5 Å². The van der Waals surface area contributed by atoms with E-state index in [1.54, 1.807) is 28.2 Å². The lowest BCUT2D eigenvalue weighted by Crippen LogP contribution is -2.28. The van der Waals surface area contributed by atoms with Gasteiger partial charge in [-0.15, -0.1) is 0 Å². The largest absolute Gasteiger partial charge is 0.310 e. The third-order valence-corrected chi connectivity index (χ3v) is 13.3. The van der Waals surface area contributed by atoms with Crippen LogP contribution in [0, 0.1) is 6.92 Å². The van der Waals surface area contributed by atoms with E-state index in [1.165, 1.54) is 10.8 Å². The Balaban J connectivity index is 1.05. The van der Waals surface area contributed by atoms with Crippen molar-refractivity contribution in [3.8, 4) is 16.8 Å². The van der Waals surface area contributed by atoms with Crippen LogP contribution in [0.15, 0.2) is 209 Å². The van der Waals surface area contributed by atoms with E-state index in [9.17, 15) is 8.42 Å². The first-order valence-corrected chi connectivity index (χ1v) is 20.8. The molecule has 1 aliphatic rings. The van der Waals surface area contributed by atoms with Crippen LogP contribution >= 0.6 is 11.8 Å². The molecule has 0 spiro atoms. The molecular weight excluding hydrogens is 727 g/mol. The molecule has 56 heavy (non-hydrogen) atoms. The number of fused-ring (bicyclic) bond motifs is 5. The zero-order valence-electron chi connectivity index (χ0n) is 30.4. The van der Waals surface area contributed by atoms with Crippen LogP contribution in [0.3, 0.4) is 0 Å². The average Bonchev–Trinajstić information content (AvgIpc) is 3.57. The predicted molar refractivity (Wildman–Crippen MR) is 232 cm³/mol. The molecule has 1 aromatic heterocycles. The van der Waals surface area contributed by atoms with Gasteiger partial charge in [-0.1, -0.05) is 139 Å². The molecule has 9 aromatic rings. The van der Waals surface area contributed by atoms with Crippen molar-refractivity contribution in [3.63, 3.8) is 0 Å². The van der Waals surface area contributed by atoms with Crippen molar-refractivity contribution < 1.29 is 8.42 Å². The van der Waals surface area contributed by atoms with Crippen molar-refractivity contribution in [3.05, 3.63) is 200 Å². The summed E-state index contributed by atoms with van der Waals surface area (Å²) < 4.78 is 32.9. The zero-order valence-corrected chi connectivity index (χ0v) is 32.1. The molecule has 7 heteroatoms. The molecule has 10 rings (SSSR count). The smallest absolute Gasteiger partial charge is 0.268 e. The molecule has 2 heterocycles. The van der Waals surface area contributed by atoms with Gasteiger partial charge in [0.15, 0.2) is 0 Å². The van der Waals surface area contributed by atoms with Gasteiger partial charge in [-0.3, -0.25) is 0 Å². The van der Waals surface area contributed by atoms with E-state index in [4.69, 9.17) is 0 Å². The van der Waals surface area contributed by atoms with E-state index in [0.717, 1.165) is 60.3 Å². The number of aromatic nitrogens is 1. The van der Waals surface area contributed by atoms with Gasteiger partial charge in [-0.05, 0) is 96.2 Å². The van der Waals surface area contributed by atoms with Crippen molar-refractivity contribution in [1.82, 2.24) is 4.57 Å². The maximum Gasteiger partial charge on any atom is 0.268 e. The van der Waals surface area contributed by atoms with Gasteiger partial charge in [0, 0.05) is 32.7 Å². The van der Waals surface area contributed by atoms with Crippen molar-refractivity contribution in [1.29, 1.82) is 0 Å². The number of aryl methyl sites for hydroxylation is 1. The average molecular weight is 762 g/mol. The molecule has 1 aliphatic heterocycles. The van der Waals surface area contributed by atoms with Gasteiger partial charge in [-0.25, -0.2) is 12.7 Å². The fraction of sp³-hybridized carbons (Fsp3) is 0.0204. The first kappa shape index (κ1) is 34.0. The number of rotatable bonds is 7. The number of nitrogens with zero attached hydrogens (tertiary/aromatic N) is 3. The Kier molecular flexibility index (Phi) is 8.28. The van der Waals surface area contributed by atoms with E-state index in [2.05, 4.69) is 131 Å². The Morgan fingerprint density at radius 3 is 1.91 bits per heavy atom. The number of benzene rings is 8. The first-order valence-electron chi connectivity index (χ1n) is 18.5. The van der Waals surface area contributed by atoms with Gasteiger partial charge in [-0.2, -0.15) is 0 Å². The van der Waals surface area contributed by atoms with E-state index >= 15 is 0 Å². The second-order valence-corrected chi connectivity index (χ2v) is 16.7. The molecule has 0 N–H and O–H groups in total. The summed E-state index contributed by atoms with van der Waals surface area (Å²) in [6.45, 7) is 1.96. The van der Waals surface area contributed by atoms with E-state index in [1.807, 2.05) is 67.6 Å². The fourth-order valence-corrected chi connectivity index (χ4v) is 10.6. The summed E-state index contributed by atoms with van der Waals surface area (Å²) in [4.78, 5) is 3.45. The zero-order chi connectivity index (χ0) is 37.8. The highest BCUT2D eigenvalue weighted by atomic mass is 32.2. The number of para-hydroxylation sites is 3. The van der Waals surface area contributed by atoms with Crippen molar-refractivity contribution in [2.24, 2.45) is 0 Å². The summed E-state index contributed by atoms with van der Waals surface area (Å²) in [6, 6.07) is 65.6. The summed E-state index contributed by atoms with van der Waals surface area (Å²) in [5.74, 6) is 0. The third kappa shape index (κ3) is 5.67. The number of sulfonamides is 1. The van der Waals surface area contributed by atoms with Crippen molar-refractivity contribution in [2.45, 2.75) is 21.7 Å². The molecular formula is C49H35N3O2S2. The summed E-state index contributed by atoms with van der Waals surface area (Å²) in [6.07, 6.45) is 0. The van der Waals surface area contributed by atoms with Crippen LogP contribution in [0.2, 0.25) is 0 Å². The molecule has 0 unspecified atom stereocenters. The maximum atomic E-state index is 14.6. The Labute approximate surface area is 330 Å². The Morgan fingerprint density at radius 2 is 1.14 bits per heavy atom. The highest BCUT2D eigenvalue weighted by Gasteiger charge is 2.38. The highest BCUT2D eigenvalue weighted by molar-refractivity contribution is 8.00. The van der Waals surface area contributed by atoms with Crippen LogP contribution < -0.4 is 9.21 Å². The Hall–Kier alpha value is -6.54. The molecule has 0 saturated heterocycles. The number of anilines is 5. The molecule has 5 nitrogen and oxygen atoms in total. The molecule has 0 fully saturated rings. The fourth-order valence-electron chi connectivity index (χ4n) is 7.76. The van der Waals surface area contributed by atoms with Gasteiger partial charge < -0.3 is 9.47 Å². The molecule has 0 atom stereocenters. The SMILES string of the molecule is Cc1ccc(S(=O)(=O)N2c3ccccc3Sc3c2c2ccccc2n3-c2ccc(-c3ccc(N(c4ccccc4)c4cccc5ccccc45)cc3)cc2)cc1. The van der Waals surface area contributed by atoms with Gasteiger partial charge in [0.1, 0.15) is 5.03 Å². The highest BCUT2D eigenvalue weighted by Crippen LogP contribution is 2.55. The van der Waals surface area contributed by atoms with Gasteiger partial charge in [0.2, 0.25) is 0 Å². The topological polar surface area (TPSA) is 45.6 Å². The van der Waals surface area contributed by atoms with Crippen molar-refractivity contribution in [2.75, 3.05) is 9.21 Å². The standard InChI is InChI=1S/C49H35N3O2S2/c1-34-22-32-41(33-23-34)56(53,54)52-46-19-9-10-21-47(46)55-49-48(52)43-17-7-8-18-45(43)51(49)40-30-26-36(27-31-40)35-24-28-39(29-25-35)50(38-14-3-2-4-15-38)44-20-11-13-37-12-5-6-16-42(37)44/h2-33H,1H3. The quantitative estimate of drug-likeness (QED) is 0.162. The van der Waals surface area contributed by atoms with Crippen molar-refractivity contribution >= 4 is 71.9 Å². The lowest BCUT2D eigenvalue weighted by molar-refractivity contribution is 0.595. The minimum absolute atomic E-state index is 0.256. The second kappa shape index (κ2) is 13.6. The number of hydrogen-bond donors (Lipinski definition) is 0. The summed E-state index contributed by atoms with van der Waals surface area (Å²) in [7, 11) is -3.96. The molecule has 0 aliphatic carbocycles. The third-order valence-electron chi connectivity index (χ3n) is 10.5. The minimum atomic E-state index is -3.96. The lowest BCUT2D eigenvalue weighted by Gasteiger charge is -2.31. The molecule has 0 bridgehead atoms. The summed E-state index contributed by atoms with van der Waals surface area (Å²) in [5, 5.41) is 4.11. The molecule has 0 amide bonds. The Morgan fingerprint density at radius 1 is 0.536 bits per heavy atom. The van der Waals surface area contributed by atoms with Crippen LogP contribution in [-0.4, -0.2) is 13.0 Å². The molecule has 270 valence electrons. The van der Waals surface area contributed by atoms with Gasteiger partial charge in [0.05, 0.1) is 27.5 Å².